The molecule has 0 aromatic heterocycles. The van der Waals surface area contributed by atoms with Gasteiger partial charge in [-0.25, -0.2) is 0 Å². The van der Waals surface area contributed by atoms with Crippen LogP contribution in [0.15, 0.2) is 24.3 Å². The van der Waals surface area contributed by atoms with Crippen LogP contribution in [-0.2, 0) is 0 Å². The van der Waals surface area contributed by atoms with Crippen LogP contribution in [0.5, 0.6) is 34.5 Å². The predicted molar refractivity (Wildman–Crippen MR) is 93.1 cm³/mol. The molecule has 1 atom stereocenters. The van der Waals surface area contributed by atoms with E-state index in [1.54, 1.807) is 24.3 Å². The van der Waals surface area contributed by atoms with Crippen molar-refractivity contribution in [3.63, 3.8) is 0 Å². The molecule has 0 radical (unpaired) electrons. The highest BCUT2D eigenvalue weighted by Crippen LogP contribution is 2.56. The van der Waals surface area contributed by atoms with E-state index in [9.17, 15) is 9.90 Å². The Morgan fingerprint density at radius 2 is 1.42 bits per heavy atom. The van der Waals surface area contributed by atoms with Crippen molar-refractivity contribution in [2.45, 2.75) is 12.5 Å². The molecule has 26 heavy (non-hydrogen) atoms. The van der Waals surface area contributed by atoms with Gasteiger partial charge in [-0.15, -0.1) is 0 Å². The third kappa shape index (κ3) is 2.75. The first-order chi connectivity index (χ1) is 12.5. The Morgan fingerprint density at radius 3 is 1.96 bits per heavy atom. The van der Waals surface area contributed by atoms with E-state index in [0.29, 0.717) is 0 Å². The van der Waals surface area contributed by atoms with Crippen LogP contribution in [0, 0.1) is 0 Å². The van der Waals surface area contributed by atoms with Gasteiger partial charge in [0.05, 0.1) is 34.9 Å². The monoisotopic (exact) mass is 360 g/mol. The Labute approximate surface area is 151 Å². The van der Waals surface area contributed by atoms with Gasteiger partial charge in [0.15, 0.2) is 17.3 Å². The maximum absolute atomic E-state index is 12.9. The molecular weight excluding hydrogens is 340 g/mol. The molecule has 1 aliphatic rings. The molecule has 0 amide bonds. The van der Waals surface area contributed by atoms with Crippen LogP contribution in [0.1, 0.15) is 28.4 Å². The Morgan fingerprint density at radius 1 is 0.885 bits per heavy atom. The number of phenolic OH excluding ortho intramolecular Hbond substituents is 1. The largest absolute Gasteiger partial charge is 0.508 e. The highest BCUT2D eigenvalue weighted by atomic mass is 16.6. The second-order valence-corrected chi connectivity index (χ2v) is 5.66. The molecule has 7 heteroatoms. The molecule has 1 heterocycles. The highest BCUT2D eigenvalue weighted by Gasteiger charge is 2.38. The van der Waals surface area contributed by atoms with E-state index >= 15 is 0 Å². The van der Waals surface area contributed by atoms with Crippen molar-refractivity contribution in [1.82, 2.24) is 0 Å². The lowest BCUT2D eigenvalue weighted by molar-refractivity contribution is 0.0833. The minimum absolute atomic E-state index is 0.118. The van der Waals surface area contributed by atoms with Gasteiger partial charge in [0.25, 0.3) is 0 Å². The standard InChI is InChI=1S/C19H20O7/c1-22-15-14-12(21)9-13(10-5-7-11(20)8-6-10)26-16(14)18(24-3)19(25-4)17(15)23-2/h5-8,13,20H,9H2,1-4H3/t13-/m0/s1. The number of methoxy groups -OCH3 is 4. The quantitative estimate of drug-likeness (QED) is 0.877. The van der Waals surface area contributed by atoms with Crippen molar-refractivity contribution >= 4 is 5.78 Å². The lowest BCUT2D eigenvalue weighted by Crippen LogP contribution is -2.22. The molecule has 138 valence electrons. The van der Waals surface area contributed by atoms with Gasteiger partial charge in [0, 0.05) is 0 Å². The van der Waals surface area contributed by atoms with E-state index < -0.39 is 6.10 Å². The highest BCUT2D eigenvalue weighted by molar-refractivity contribution is 6.05. The third-order valence-electron chi connectivity index (χ3n) is 4.27. The fourth-order valence-electron chi connectivity index (χ4n) is 3.09. The van der Waals surface area contributed by atoms with Crippen LogP contribution in [-0.4, -0.2) is 39.3 Å². The molecule has 0 saturated heterocycles. The predicted octanol–water partition coefficient (Wildman–Crippen LogP) is 3.13. The first kappa shape index (κ1) is 17.7. The molecule has 0 spiro atoms. The molecule has 0 aliphatic carbocycles. The van der Waals surface area contributed by atoms with Gasteiger partial charge in [-0.1, -0.05) is 12.1 Å². The smallest absolute Gasteiger partial charge is 0.211 e. The number of aromatic hydroxyl groups is 1. The van der Waals surface area contributed by atoms with E-state index in [-0.39, 0.29) is 52.3 Å². The molecule has 0 bridgehead atoms. The normalized spacial score (nSPS) is 15.7. The minimum atomic E-state index is -0.521. The lowest BCUT2D eigenvalue weighted by atomic mass is 9.94. The van der Waals surface area contributed by atoms with Gasteiger partial charge < -0.3 is 28.8 Å². The molecule has 0 fully saturated rings. The molecule has 1 N–H and O–H groups in total. The van der Waals surface area contributed by atoms with Crippen molar-refractivity contribution in [1.29, 1.82) is 0 Å². The SMILES string of the molecule is COc1c(OC)c(OC)c2c(c1OC)O[C@H](c1ccc(O)cc1)CC2=O. The van der Waals surface area contributed by atoms with Crippen molar-refractivity contribution in [3.8, 4) is 34.5 Å². The third-order valence-corrected chi connectivity index (χ3v) is 4.27. The van der Waals surface area contributed by atoms with Gasteiger partial charge in [-0.05, 0) is 17.7 Å². The van der Waals surface area contributed by atoms with Crippen molar-refractivity contribution in [2.24, 2.45) is 0 Å². The zero-order valence-corrected chi connectivity index (χ0v) is 15.0. The van der Waals surface area contributed by atoms with Gasteiger partial charge in [-0.3, -0.25) is 4.79 Å². The van der Waals surface area contributed by atoms with Crippen LogP contribution >= 0.6 is 0 Å². The number of phenols is 1. The second-order valence-electron chi connectivity index (χ2n) is 5.66. The molecule has 2 aromatic rings. The van der Waals surface area contributed by atoms with E-state index in [2.05, 4.69) is 0 Å². The van der Waals surface area contributed by atoms with E-state index in [1.807, 2.05) is 0 Å². The van der Waals surface area contributed by atoms with Gasteiger partial charge >= 0.3 is 0 Å². The van der Waals surface area contributed by atoms with Crippen LogP contribution in [0.3, 0.4) is 0 Å². The van der Waals surface area contributed by atoms with Crippen molar-refractivity contribution in [2.75, 3.05) is 28.4 Å². The molecule has 1 aliphatic heterocycles. The Kier molecular flexibility index (Phi) is 4.79. The summed E-state index contributed by atoms with van der Waals surface area (Å²) < 4.78 is 27.7. The Bertz CT molecular complexity index is 827. The number of ether oxygens (including phenoxy) is 5. The lowest BCUT2D eigenvalue weighted by Gasteiger charge is -2.29. The number of fused-ring (bicyclic) bond motifs is 1. The summed E-state index contributed by atoms with van der Waals surface area (Å²) in [6.07, 6.45) is -0.403. The van der Waals surface area contributed by atoms with Crippen LogP contribution < -0.4 is 23.7 Å². The molecular formula is C19H20O7. The summed E-state index contributed by atoms with van der Waals surface area (Å²) in [7, 11) is 5.83. The number of benzene rings is 2. The summed E-state index contributed by atoms with van der Waals surface area (Å²) in [6, 6.07) is 6.52. The molecule has 3 rings (SSSR count). The zero-order chi connectivity index (χ0) is 18.8. The maximum Gasteiger partial charge on any atom is 0.211 e. The summed E-state index contributed by atoms with van der Waals surface area (Å²) in [6.45, 7) is 0. The maximum atomic E-state index is 12.9. The summed E-state index contributed by atoms with van der Waals surface area (Å²) in [5, 5.41) is 9.47. The topological polar surface area (TPSA) is 83.5 Å². The van der Waals surface area contributed by atoms with Crippen LogP contribution in [0.25, 0.3) is 0 Å². The van der Waals surface area contributed by atoms with Crippen molar-refractivity contribution < 1.29 is 33.6 Å². The summed E-state index contributed by atoms with van der Waals surface area (Å²) in [5.74, 6) is 1.28. The first-order valence-electron chi connectivity index (χ1n) is 7.94. The number of carbonyl (C=O) groups is 1. The van der Waals surface area contributed by atoms with E-state index in [4.69, 9.17) is 23.7 Å². The van der Waals surface area contributed by atoms with Crippen molar-refractivity contribution in [3.05, 3.63) is 35.4 Å². The average molecular weight is 360 g/mol. The van der Waals surface area contributed by atoms with E-state index in [0.717, 1.165) is 5.56 Å². The second kappa shape index (κ2) is 7.03. The number of ketones is 1. The molecule has 0 unspecified atom stereocenters. The molecule has 0 saturated carbocycles. The summed E-state index contributed by atoms with van der Waals surface area (Å²) in [4.78, 5) is 12.9. The minimum Gasteiger partial charge on any atom is -0.508 e. The molecule has 7 nitrogen and oxygen atoms in total. The van der Waals surface area contributed by atoms with E-state index in [1.165, 1.54) is 28.4 Å². The molecule has 2 aromatic carbocycles. The van der Waals surface area contributed by atoms with Gasteiger partial charge in [0.1, 0.15) is 17.4 Å². The van der Waals surface area contributed by atoms with Crippen LogP contribution in [0.4, 0.5) is 0 Å². The number of Topliss-reactive ketones (excluding diaryl/α,β-unsaturated/α-hetero) is 1. The number of carbonyl (C=O) groups excluding carboxylic acids is 1. The van der Waals surface area contributed by atoms with Gasteiger partial charge in [0.2, 0.25) is 17.2 Å². The van der Waals surface area contributed by atoms with Gasteiger partial charge in [-0.2, -0.15) is 0 Å². The first-order valence-corrected chi connectivity index (χ1v) is 7.94. The Balaban J connectivity index is 2.18. The number of rotatable bonds is 5. The fraction of sp³-hybridized carbons (Fsp3) is 0.316. The average Bonchev–Trinajstić information content (AvgIpc) is 2.66. The number of hydrogen-bond acceptors (Lipinski definition) is 7. The zero-order valence-electron chi connectivity index (χ0n) is 15.0. The summed E-state index contributed by atoms with van der Waals surface area (Å²) >= 11 is 0. The Hall–Kier alpha value is -3.09. The fourth-order valence-corrected chi connectivity index (χ4v) is 3.09. The van der Waals surface area contributed by atoms with Crippen LogP contribution in [0.2, 0.25) is 0 Å². The summed E-state index contributed by atoms with van der Waals surface area (Å²) in [5.41, 5.74) is 1.02. The number of hydrogen-bond donors (Lipinski definition) is 1.